The summed E-state index contributed by atoms with van der Waals surface area (Å²) in [7, 11) is 1.51. The van der Waals surface area contributed by atoms with Crippen LogP contribution in [0.3, 0.4) is 0 Å². The monoisotopic (exact) mass is 961 g/mol. The van der Waals surface area contributed by atoms with E-state index >= 15 is 4.79 Å². The molecule has 1 saturated carbocycles. The summed E-state index contributed by atoms with van der Waals surface area (Å²) in [6, 6.07) is 34.8. The lowest BCUT2D eigenvalue weighted by molar-refractivity contribution is -0.384. The number of benzene rings is 5. The Bertz CT molecular complexity index is 2780. The molecule has 368 valence electrons. The summed E-state index contributed by atoms with van der Waals surface area (Å²) in [5, 5.41) is 36.2. The van der Waals surface area contributed by atoms with Crippen LogP contribution in [0.15, 0.2) is 151 Å². The van der Waals surface area contributed by atoms with Crippen molar-refractivity contribution in [1.29, 1.82) is 0 Å². The second-order valence-electron chi connectivity index (χ2n) is 18.3. The molecule has 71 heavy (non-hydrogen) atoms. The lowest BCUT2D eigenvalue weighted by Gasteiger charge is -2.60. The smallest absolute Gasteiger partial charge is 0.269 e. The Kier molecular flexibility index (Phi) is 15.3. The Morgan fingerprint density at radius 1 is 0.873 bits per heavy atom. The van der Waals surface area contributed by atoms with E-state index in [2.05, 4.69) is 30.9 Å². The number of allylic oxidation sites excluding steroid dienone is 1. The van der Waals surface area contributed by atoms with Crippen LogP contribution in [0.2, 0.25) is 0 Å². The first-order valence-corrected chi connectivity index (χ1v) is 24.3. The van der Waals surface area contributed by atoms with Gasteiger partial charge < -0.3 is 43.6 Å². The van der Waals surface area contributed by atoms with Gasteiger partial charge in [-0.2, -0.15) is 0 Å². The molecule has 1 fully saturated rings. The molecule has 9 rings (SSSR count). The molecule has 0 bridgehead atoms. The molecule has 0 aromatic heterocycles. The first kappa shape index (κ1) is 48.8. The third kappa shape index (κ3) is 10.5. The zero-order valence-corrected chi connectivity index (χ0v) is 39.8. The van der Waals surface area contributed by atoms with Gasteiger partial charge in [0.1, 0.15) is 30.4 Å². The first-order chi connectivity index (χ1) is 34.7. The lowest BCUT2D eigenvalue weighted by Crippen LogP contribution is -2.70. The Balaban J connectivity index is 1.20. The maximum absolute atomic E-state index is 15.2. The highest BCUT2D eigenvalue weighted by Gasteiger charge is 2.65. The van der Waals surface area contributed by atoms with E-state index in [1.165, 1.54) is 25.3 Å². The number of nitro benzene ring substituents is 1. The molecular formula is C57H59N3O11. The van der Waals surface area contributed by atoms with Crippen LogP contribution in [-0.2, 0) is 20.9 Å². The molecule has 2 heterocycles. The molecule has 4 aliphatic rings. The number of ether oxygens (including phenoxy) is 5. The highest BCUT2D eigenvalue weighted by atomic mass is 16.7. The van der Waals surface area contributed by atoms with Crippen molar-refractivity contribution in [3.8, 4) is 39.9 Å². The topological polar surface area (TPSA) is 172 Å². The van der Waals surface area contributed by atoms with Crippen molar-refractivity contribution < 1.29 is 48.5 Å². The summed E-state index contributed by atoms with van der Waals surface area (Å²) in [4.78, 5) is 33.6. The molecule has 14 nitrogen and oxygen atoms in total. The van der Waals surface area contributed by atoms with Crippen molar-refractivity contribution in [2.75, 3.05) is 33.7 Å². The number of aliphatic hydroxyl groups is 2. The molecule has 0 saturated heterocycles. The summed E-state index contributed by atoms with van der Waals surface area (Å²) >= 11 is 0. The highest BCUT2D eigenvalue weighted by Crippen LogP contribution is 2.62. The summed E-state index contributed by atoms with van der Waals surface area (Å²) in [5.41, 5.74) is 5.93. The van der Waals surface area contributed by atoms with Gasteiger partial charge in [0.25, 0.3) is 5.69 Å². The van der Waals surface area contributed by atoms with Gasteiger partial charge in [0.05, 0.1) is 23.2 Å². The fourth-order valence-electron chi connectivity index (χ4n) is 10.9. The van der Waals surface area contributed by atoms with Gasteiger partial charge in [-0.25, -0.2) is 0 Å². The van der Waals surface area contributed by atoms with Crippen LogP contribution < -0.4 is 18.9 Å². The number of aliphatic hydroxyl groups excluding tert-OH is 2. The van der Waals surface area contributed by atoms with Crippen molar-refractivity contribution in [2.45, 2.75) is 69.2 Å². The van der Waals surface area contributed by atoms with Gasteiger partial charge in [-0.1, -0.05) is 78.7 Å². The normalized spacial score (nSPS) is 22.2. The molecule has 0 spiro atoms. The molecule has 2 aliphatic heterocycles. The van der Waals surface area contributed by atoms with E-state index in [4.69, 9.17) is 33.7 Å². The number of hydrogen-bond donors (Lipinski definition) is 2. The van der Waals surface area contributed by atoms with Gasteiger partial charge in [0.15, 0.2) is 11.5 Å². The summed E-state index contributed by atoms with van der Waals surface area (Å²) in [5.74, 6) is 0.314. The second kappa shape index (κ2) is 22.2. The molecule has 1 amide bonds. The SMILES string of the molecule is C=CCO[C@@]12Oc3ccc(Oc4ccc(-c5ccccc5)cc4)cc3[C@H]3[C@H](CCCCO)[C@@H](CCCCO)C=C(C(=NOC)C[C@@H]1N(Cc1ccc4c(c1)OCO4)C(=O)C=Cc1ccc([N+](=O)[O-])cc1)[C@H]32. The van der Waals surface area contributed by atoms with Gasteiger partial charge in [-0.15, -0.1) is 6.58 Å². The quantitative estimate of drug-likeness (QED) is 0.0236. The number of carbonyl (C=O) groups is 1. The lowest BCUT2D eigenvalue weighted by atomic mass is 9.55. The number of amides is 1. The van der Waals surface area contributed by atoms with Crippen LogP contribution in [0, 0.1) is 27.9 Å². The fourth-order valence-corrected chi connectivity index (χ4v) is 10.9. The van der Waals surface area contributed by atoms with E-state index in [0.717, 1.165) is 53.5 Å². The average Bonchev–Trinajstić information content (AvgIpc) is 3.87. The maximum Gasteiger partial charge on any atom is 0.269 e. The Morgan fingerprint density at radius 3 is 2.32 bits per heavy atom. The number of nitro groups is 1. The minimum Gasteiger partial charge on any atom is -0.459 e. The minimum absolute atomic E-state index is 0.00801. The number of nitrogens with zero attached hydrogens (tertiary/aromatic N) is 3. The molecule has 5 aromatic rings. The van der Waals surface area contributed by atoms with E-state index in [9.17, 15) is 20.3 Å². The number of non-ortho nitro benzene ring substituents is 1. The summed E-state index contributed by atoms with van der Waals surface area (Å²) in [6.45, 7) is 4.45. The van der Waals surface area contributed by atoms with Crippen LogP contribution in [0.25, 0.3) is 17.2 Å². The van der Waals surface area contributed by atoms with Crippen molar-refractivity contribution in [3.05, 3.63) is 172 Å². The highest BCUT2D eigenvalue weighted by molar-refractivity contribution is 6.03. The largest absolute Gasteiger partial charge is 0.459 e. The van der Waals surface area contributed by atoms with Crippen molar-refractivity contribution >= 4 is 23.4 Å². The number of carbonyl (C=O) groups excluding carboxylic acids is 1. The van der Waals surface area contributed by atoms with Crippen molar-refractivity contribution in [1.82, 2.24) is 4.90 Å². The van der Waals surface area contributed by atoms with E-state index in [0.29, 0.717) is 52.9 Å². The van der Waals surface area contributed by atoms with Gasteiger partial charge in [0, 0.05) is 55.9 Å². The molecule has 0 radical (unpaired) electrons. The van der Waals surface area contributed by atoms with Gasteiger partial charge in [-0.05, 0) is 126 Å². The number of fused-ring (bicyclic) bond motifs is 3. The number of unbranched alkanes of at least 4 members (excludes halogenated alkanes) is 2. The van der Waals surface area contributed by atoms with Gasteiger partial charge >= 0.3 is 0 Å². The van der Waals surface area contributed by atoms with Crippen LogP contribution in [0.1, 0.15) is 67.6 Å². The molecule has 6 atom stereocenters. The van der Waals surface area contributed by atoms with Gasteiger partial charge in [0.2, 0.25) is 18.5 Å². The predicted octanol–water partition coefficient (Wildman–Crippen LogP) is 10.8. The van der Waals surface area contributed by atoms with E-state index in [-0.39, 0.29) is 68.9 Å². The Labute approximate surface area is 413 Å². The van der Waals surface area contributed by atoms with Gasteiger partial charge in [-0.3, -0.25) is 14.9 Å². The van der Waals surface area contributed by atoms with Crippen LogP contribution in [0.5, 0.6) is 28.7 Å². The summed E-state index contributed by atoms with van der Waals surface area (Å²) in [6.07, 6.45) is 11.6. The fraction of sp³-hybridized carbons (Fsp3) is 0.333. The second-order valence-corrected chi connectivity index (χ2v) is 18.3. The number of rotatable bonds is 21. The van der Waals surface area contributed by atoms with Crippen LogP contribution >= 0.6 is 0 Å². The predicted molar refractivity (Wildman–Crippen MR) is 269 cm³/mol. The third-order valence-electron chi connectivity index (χ3n) is 14.0. The zero-order valence-electron chi connectivity index (χ0n) is 39.8. The van der Waals surface area contributed by atoms with Crippen molar-refractivity contribution in [3.63, 3.8) is 0 Å². The average molecular weight is 962 g/mol. The third-order valence-corrected chi connectivity index (χ3v) is 14.0. The summed E-state index contributed by atoms with van der Waals surface area (Å²) < 4.78 is 32.7. The number of oxime groups is 1. The maximum atomic E-state index is 15.2. The Hall–Kier alpha value is -7.26. The zero-order chi connectivity index (χ0) is 49.3. The van der Waals surface area contributed by atoms with E-state index < -0.39 is 22.7 Å². The van der Waals surface area contributed by atoms with E-state index in [1.807, 2.05) is 72.8 Å². The molecular weight excluding hydrogens is 903 g/mol. The molecule has 5 aromatic carbocycles. The molecule has 2 aliphatic carbocycles. The molecule has 14 heteroatoms. The number of hydrogen-bond acceptors (Lipinski definition) is 12. The van der Waals surface area contributed by atoms with Crippen molar-refractivity contribution in [2.24, 2.45) is 22.9 Å². The van der Waals surface area contributed by atoms with Crippen LogP contribution in [0.4, 0.5) is 5.69 Å². The first-order valence-electron chi connectivity index (χ1n) is 24.3. The Morgan fingerprint density at radius 2 is 1.59 bits per heavy atom. The molecule has 2 N–H and O–H groups in total. The molecule has 0 unspecified atom stereocenters. The minimum atomic E-state index is -1.53. The van der Waals surface area contributed by atoms with E-state index in [1.54, 1.807) is 29.2 Å². The standard InChI is InChI=1S/C57H59N3O11/c1-3-31-69-57-53(59(36-39-17-26-51-52(32-39)68-37-67-51)54(63)28-18-38-15-21-43(22-16-38)60(64)65)35-49(58-66-2)47-33-42(13-7-9-29-61)46(14-8-10-30-62)55(56(47)57)48-34-45(25-27-50(48)71-57)70-44-23-19-41(20-24-44)40-11-5-4-6-12-40/h3-6,11-12,15-28,32-34,42,46,53,55-56,61-62H,1,7-10,13-14,29-31,35-37H2,2H3/t42-,46+,53-,55+,56+,57+/m0/s1. The van der Waals surface area contributed by atoms with Crippen LogP contribution in [-0.4, -0.2) is 77.2 Å².